The van der Waals surface area contributed by atoms with Crippen molar-refractivity contribution in [3.05, 3.63) is 57.1 Å². The number of nitrogens with zero attached hydrogens (tertiary/aromatic N) is 4. The van der Waals surface area contributed by atoms with Gasteiger partial charge in [-0.25, -0.2) is 0 Å². The average Bonchev–Trinajstić information content (AvgIpc) is 3.35. The summed E-state index contributed by atoms with van der Waals surface area (Å²) in [5.41, 5.74) is 3.02. The van der Waals surface area contributed by atoms with E-state index in [1.165, 1.54) is 18.7 Å². The first-order chi connectivity index (χ1) is 15.8. The van der Waals surface area contributed by atoms with Crippen LogP contribution in [0.4, 0.5) is 0 Å². The molecular weight excluding hydrogens is 438 g/mol. The molecule has 0 aliphatic heterocycles. The summed E-state index contributed by atoms with van der Waals surface area (Å²) in [5.74, 6) is 0.423. The fourth-order valence-electron chi connectivity index (χ4n) is 4.31. The maximum atomic E-state index is 13.1. The SMILES string of the molecule is CCCCCn1c(=O)c2ccccc2n2c(SCC(=O)c3[nH]c(C)c(C(C)=O)c3C)nnc12. The minimum Gasteiger partial charge on any atom is -0.355 e. The summed E-state index contributed by atoms with van der Waals surface area (Å²) in [7, 11) is 0. The van der Waals surface area contributed by atoms with Crippen LogP contribution in [0.15, 0.2) is 34.2 Å². The van der Waals surface area contributed by atoms with Crippen molar-refractivity contribution in [1.82, 2.24) is 24.1 Å². The number of H-pyrrole nitrogens is 1. The Morgan fingerprint density at radius 3 is 2.58 bits per heavy atom. The molecule has 0 atom stereocenters. The van der Waals surface area contributed by atoms with Crippen molar-refractivity contribution < 1.29 is 9.59 Å². The minimum atomic E-state index is -0.120. The van der Waals surface area contributed by atoms with Crippen LogP contribution in [-0.4, -0.2) is 41.5 Å². The Morgan fingerprint density at radius 1 is 1.12 bits per heavy atom. The number of para-hydroxylation sites is 1. The van der Waals surface area contributed by atoms with Crippen LogP contribution in [0.3, 0.4) is 0 Å². The van der Waals surface area contributed by atoms with Gasteiger partial charge >= 0.3 is 0 Å². The minimum absolute atomic E-state index is 0.0658. The van der Waals surface area contributed by atoms with E-state index < -0.39 is 0 Å². The summed E-state index contributed by atoms with van der Waals surface area (Å²) >= 11 is 1.27. The number of thioether (sulfide) groups is 1. The summed E-state index contributed by atoms with van der Waals surface area (Å²) in [4.78, 5) is 41.1. The van der Waals surface area contributed by atoms with Gasteiger partial charge in [-0.15, -0.1) is 10.2 Å². The number of aromatic nitrogens is 5. The zero-order valence-corrected chi connectivity index (χ0v) is 20.1. The van der Waals surface area contributed by atoms with E-state index >= 15 is 0 Å². The Kier molecular flexibility index (Phi) is 6.51. The van der Waals surface area contributed by atoms with Crippen LogP contribution in [-0.2, 0) is 6.54 Å². The summed E-state index contributed by atoms with van der Waals surface area (Å²) < 4.78 is 3.53. The molecule has 0 radical (unpaired) electrons. The summed E-state index contributed by atoms with van der Waals surface area (Å²) in [6.45, 7) is 7.77. The third-order valence-electron chi connectivity index (χ3n) is 5.86. The van der Waals surface area contributed by atoms with E-state index in [1.807, 2.05) is 22.6 Å². The molecule has 0 saturated heterocycles. The number of carbonyl (C=O) groups excluding carboxylic acids is 2. The first kappa shape index (κ1) is 23.0. The highest BCUT2D eigenvalue weighted by Gasteiger charge is 2.22. The van der Waals surface area contributed by atoms with Crippen molar-refractivity contribution in [2.24, 2.45) is 0 Å². The molecule has 4 aromatic rings. The summed E-state index contributed by atoms with van der Waals surface area (Å²) in [6.07, 6.45) is 2.95. The standard InChI is InChI=1S/C24H27N5O3S/c1-5-6-9-12-28-22(32)17-10-7-8-11-18(17)29-23(28)26-27-24(29)33-13-19(31)21-14(2)20(16(4)30)15(3)25-21/h7-8,10-11,25H,5-6,9,12-13H2,1-4H3. The molecule has 0 amide bonds. The predicted molar refractivity (Wildman–Crippen MR) is 130 cm³/mol. The van der Waals surface area contributed by atoms with Gasteiger partial charge in [-0.05, 0) is 44.9 Å². The zero-order valence-electron chi connectivity index (χ0n) is 19.3. The lowest BCUT2D eigenvalue weighted by molar-refractivity contribution is 0.101. The molecule has 0 saturated carbocycles. The van der Waals surface area contributed by atoms with Gasteiger partial charge in [-0.2, -0.15) is 0 Å². The van der Waals surface area contributed by atoms with Crippen molar-refractivity contribution in [3.8, 4) is 0 Å². The van der Waals surface area contributed by atoms with Gasteiger partial charge in [0.05, 0.1) is 22.3 Å². The van der Waals surface area contributed by atoms with E-state index in [-0.39, 0.29) is 22.9 Å². The quantitative estimate of drug-likeness (QED) is 0.224. The first-order valence-electron chi connectivity index (χ1n) is 11.1. The van der Waals surface area contributed by atoms with Crippen molar-refractivity contribution in [2.75, 3.05) is 5.75 Å². The fraction of sp³-hybridized carbons (Fsp3) is 0.375. The highest BCUT2D eigenvalue weighted by atomic mass is 32.2. The molecule has 0 fully saturated rings. The Balaban J connectivity index is 1.71. The van der Waals surface area contributed by atoms with Gasteiger partial charge in [-0.3, -0.25) is 23.4 Å². The number of benzene rings is 1. The summed E-state index contributed by atoms with van der Waals surface area (Å²) in [6, 6.07) is 7.39. The zero-order chi connectivity index (χ0) is 23.7. The molecule has 3 heterocycles. The molecule has 8 nitrogen and oxygen atoms in total. The van der Waals surface area contributed by atoms with E-state index in [2.05, 4.69) is 22.1 Å². The number of ketones is 2. The second-order valence-corrected chi connectivity index (χ2v) is 9.13. The van der Waals surface area contributed by atoms with Gasteiger partial charge in [0, 0.05) is 17.8 Å². The molecular formula is C24H27N5O3S. The smallest absolute Gasteiger partial charge is 0.262 e. The van der Waals surface area contributed by atoms with Crippen molar-refractivity contribution in [1.29, 1.82) is 0 Å². The van der Waals surface area contributed by atoms with Gasteiger partial charge in [0.2, 0.25) is 5.78 Å². The van der Waals surface area contributed by atoms with E-state index in [4.69, 9.17) is 0 Å². The molecule has 0 bridgehead atoms. The number of hydrogen-bond acceptors (Lipinski definition) is 6. The number of Topliss-reactive ketones (excluding diaryl/α,β-unsaturated/α-hetero) is 2. The second-order valence-electron chi connectivity index (χ2n) is 8.19. The lowest BCUT2D eigenvalue weighted by atomic mass is 10.1. The van der Waals surface area contributed by atoms with Gasteiger partial charge in [-0.1, -0.05) is 43.7 Å². The van der Waals surface area contributed by atoms with Crippen LogP contribution in [0.1, 0.15) is 65.2 Å². The Labute approximate surface area is 195 Å². The first-order valence-corrected chi connectivity index (χ1v) is 12.1. The molecule has 172 valence electrons. The van der Waals surface area contributed by atoms with E-state index in [1.54, 1.807) is 24.5 Å². The van der Waals surface area contributed by atoms with Gasteiger partial charge in [0.25, 0.3) is 5.56 Å². The third kappa shape index (κ3) is 4.13. The predicted octanol–water partition coefficient (Wildman–Crippen LogP) is 4.36. The highest BCUT2D eigenvalue weighted by molar-refractivity contribution is 7.99. The molecule has 0 aliphatic rings. The fourth-order valence-corrected chi connectivity index (χ4v) is 5.12. The molecule has 3 aromatic heterocycles. The Hall–Kier alpha value is -3.20. The van der Waals surface area contributed by atoms with Crippen LogP contribution in [0.25, 0.3) is 16.7 Å². The largest absolute Gasteiger partial charge is 0.355 e. The average molecular weight is 466 g/mol. The highest BCUT2D eigenvalue weighted by Crippen LogP contribution is 2.25. The lowest BCUT2D eigenvalue weighted by Gasteiger charge is -2.11. The van der Waals surface area contributed by atoms with Crippen molar-refractivity contribution in [2.45, 2.75) is 58.7 Å². The number of aromatic amines is 1. The lowest BCUT2D eigenvalue weighted by Crippen LogP contribution is -2.23. The maximum Gasteiger partial charge on any atom is 0.262 e. The molecule has 1 N–H and O–H groups in total. The molecule has 1 aromatic carbocycles. The third-order valence-corrected chi connectivity index (χ3v) is 6.79. The number of hydrogen-bond donors (Lipinski definition) is 1. The van der Waals surface area contributed by atoms with E-state index in [0.717, 1.165) is 24.8 Å². The normalized spacial score (nSPS) is 11.5. The number of nitrogens with one attached hydrogen (secondary N) is 1. The number of unbranched alkanes of at least 4 members (excludes halogenated alkanes) is 2. The summed E-state index contributed by atoms with van der Waals surface area (Å²) in [5, 5.41) is 9.77. The molecule has 0 spiro atoms. The van der Waals surface area contributed by atoms with Crippen LogP contribution in [0.2, 0.25) is 0 Å². The van der Waals surface area contributed by atoms with Gasteiger partial charge in [0.1, 0.15) is 0 Å². The second kappa shape index (κ2) is 9.35. The number of aryl methyl sites for hydroxylation is 2. The van der Waals surface area contributed by atoms with Crippen LogP contribution in [0, 0.1) is 13.8 Å². The number of carbonyl (C=O) groups is 2. The van der Waals surface area contributed by atoms with E-state index in [0.29, 0.717) is 45.4 Å². The van der Waals surface area contributed by atoms with E-state index in [9.17, 15) is 14.4 Å². The molecule has 0 aliphatic carbocycles. The Bertz CT molecular complexity index is 1430. The Morgan fingerprint density at radius 2 is 1.88 bits per heavy atom. The number of rotatable bonds is 9. The van der Waals surface area contributed by atoms with Crippen LogP contribution >= 0.6 is 11.8 Å². The topological polar surface area (TPSA) is 102 Å². The molecule has 0 unspecified atom stereocenters. The molecule has 9 heteroatoms. The van der Waals surface area contributed by atoms with Gasteiger partial charge in [0.15, 0.2) is 16.7 Å². The monoisotopic (exact) mass is 465 g/mol. The van der Waals surface area contributed by atoms with Gasteiger partial charge < -0.3 is 4.98 Å². The van der Waals surface area contributed by atoms with Crippen molar-refractivity contribution in [3.63, 3.8) is 0 Å². The molecule has 4 rings (SSSR count). The van der Waals surface area contributed by atoms with Crippen LogP contribution < -0.4 is 5.56 Å². The molecule has 33 heavy (non-hydrogen) atoms. The van der Waals surface area contributed by atoms with Crippen molar-refractivity contribution >= 4 is 40.0 Å². The number of fused-ring (bicyclic) bond motifs is 3. The van der Waals surface area contributed by atoms with Crippen LogP contribution in [0.5, 0.6) is 0 Å². The maximum absolute atomic E-state index is 13.1.